The fourth-order valence-electron chi connectivity index (χ4n) is 4.40. The van der Waals surface area contributed by atoms with Crippen LogP contribution in [0, 0.1) is 6.92 Å². The number of aryl methyl sites for hydroxylation is 1. The van der Waals surface area contributed by atoms with Crippen LogP contribution in [-0.2, 0) is 10.0 Å². The van der Waals surface area contributed by atoms with Crippen molar-refractivity contribution in [3.8, 4) is 11.5 Å². The maximum atomic E-state index is 13.1. The van der Waals surface area contributed by atoms with Gasteiger partial charge in [-0.3, -0.25) is 0 Å². The molecule has 2 aliphatic rings. The third-order valence-electron chi connectivity index (χ3n) is 5.79. The molecule has 2 aromatic carbocycles. The van der Waals surface area contributed by atoms with Crippen LogP contribution >= 0.6 is 0 Å². The van der Waals surface area contributed by atoms with E-state index in [-0.39, 0.29) is 11.7 Å². The molecule has 6 nitrogen and oxygen atoms in total. The first kappa shape index (κ1) is 17.6. The fourth-order valence-corrected chi connectivity index (χ4v) is 5.88. The van der Waals surface area contributed by atoms with E-state index in [0.717, 1.165) is 18.4 Å². The van der Waals surface area contributed by atoms with Gasteiger partial charge in [0.25, 0.3) is 0 Å². The van der Waals surface area contributed by atoms with Crippen LogP contribution in [0.1, 0.15) is 30.0 Å². The van der Waals surface area contributed by atoms with Crippen LogP contribution in [0.2, 0.25) is 0 Å². The summed E-state index contributed by atoms with van der Waals surface area (Å²) in [6.07, 6.45) is 1.62. The Morgan fingerprint density at radius 2 is 1.79 bits per heavy atom. The summed E-state index contributed by atoms with van der Waals surface area (Å²) in [5, 5.41) is 1.25. The number of aromatic nitrogens is 1. The smallest absolute Gasteiger partial charge is 0.243 e. The Hall–Kier alpha value is -2.51. The summed E-state index contributed by atoms with van der Waals surface area (Å²) in [6, 6.07) is 13.1. The molecule has 1 aromatic heterocycles. The Labute approximate surface area is 164 Å². The average molecular weight is 398 g/mol. The van der Waals surface area contributed by atoms with E-state index in [0.29, 0.717) is 30.5 Å². The second-order valence-corrected chi connectivity index (χ2v) is 9.34. The molecular formula is C21H22N2O4S. The third kappa shape index (κ3) is 2.77. The molecule has 0 radical (unpaired) electrons. The third-order valence-corrected chi connectivity index (χ3v) is 7.68. The number of benzene rings is 2. The first-order valence-corrected chi connectivity index (χ1v) is 10.9. The van der Waals surface area contributed by atoms with Gasteiger partial charge in [0.1, 0.15) is 0 Å². The van der Waals surface area contributed by atoms with Gasteiger partial charge in [-0.05, 0) is 49.4 Å². The van der Waals surface area contributed by atoms with E-state index in [1.165, 1.54) is 16.6 Å². The first-order chi connectivity index (χ1) is 13.5. The van der Waals surface area contributed by atoms with Crippen molar-refractivity contribution in [2.75, 3.05) is 19.9 Å². The minimum atomic E-state index is -3.54. The topological polar surface area (TPSA) is 71.6 Å². The Morgan fingerprint density at radius 1 is 1.04 bits per heavy atom. The molecule has 146 valence electrons. The molecule has 1 saturated heterocycles. The van der Waals surface area contributed by atoms with E-state index < -0.39 is 10.0 Å². The van der Waals surface area contributed by atoms with Crippen molar-refractivity contribution in [2.24, 2.45) is 0 Å². The van der Waals surface area contributed by atoms with Crippen molar-refractivity contribution in [1.29, 1.82) is 0 Å². The van der Waals surface area contributed by atoms with Crippen LogP contribution < -0.4 is 9.47 Å². The summed E-state index contributed by atoms with van der Waals surface area (Å²) >= 11 is 0. The van der Waals surface area contributed by atoms with Crippen molar-refractivity contribution in [2.45, 2.75) is 30.6 Å². The highest BCUT2D eigenvalue weighted by atomic mass is 32.2. The number of para-hydroxylation sites is 1. The van der Waals surface area contributed by atoms with Crippen LogP contribution in [-0.4, -0.2) is 37.6 Å². The molecule has 0 bridgehead atoms. The number of rotatable bonds is 3. The number of hydrogen-bond acceptors (Lipinski definition) is 4. The van der Waals surface area contributed by atoms with Gasteiger partial charge in [0.2, 0.25) is 16.8 Å². The second-order valence-electron chi connectivity index (χ2n) is 7.40. The lowest BCUT2D eigenvalue weighted by Gasteiger charge is -2.31. The minimum absolute atomic E-state index is 0.133. The van der Waals surface area contributed by atoms with Crippen LogP contribution in [0.4, 0.5) is 0 Å². The predicted molar refractivity (Wildman–Crippen MR) is 106 cm³/mol. The molecule has 0 atom stereocenters. The number of hydrogen-bond donors (Lipinski definition) is 1. The van der Waals surface area contributed by atoms with E-state index in [1.54, 1.807) is 22.5 Å². The first-order valence-electron chi connectivity index (χ1n) is 9.51. The fraction of sp³-hybridized carbons (Fsp3) is 0.333. The number of sulfonamides is 1. The zero-order chi connectivity index (χ0) is 19.3. The molecule has 0 saturated carbocycles. The van der Waals surface area contributed by atoms with E-state index in [2.05, 4.69) is 30.1 Å². The van der Waals surface area contributed by atoms with Crippen LogP contribution in [0.5, 0.6) is 11.5 Å². The lowest BCUT2D eigenvalue weighted by atomic mass is 9.88. The van der Waals surface area contributed by atoms with Gasteiger partial charge in [-0.1, -0.05) is 18.2 Å². The molecule has 5 rings (SSSR count). The molecule has 1 N–H and O–H groups in total. The van der Waals surface area contributed by atoms with Gasteiger partial charge in [0.05, 0.1) is 4.90 Å². The molecule has 3 aromatic rings. The maximum Gasteiger partial charge on any atom is 0.243 e. The zero-order valence-electron chi connectivity index (χ0n) is 15.6. The molecule has 28 heavy (non-hydrogen) atoms. The van der Waals surface area contributed by atoms with Crippen LogP contribution in [0.15, 0.2) is 47.4 Å². The summed E-state index contributed by atoms with van der Waals surface area (Å²) < 4.78 is 38.4. The van der Waals surface area contributed by atoms with Gasteiger partial charge in [-0.15, -0.1) is 0 Å². The second kappa shape index (κ2) is 6.53. The molecule has 2 aliphatic heterocycles. The normalized spacial score (nSPS) is 18.0. The predicted octanol–water partition coefficient (Wildman–Crippen LogP) is 3.77. The Morgan fingerprint density at radius 3 is 2.61 bits per heavy atom. The monoisotopic (exact) mass is 398 g/mol. The lowest BCUT2D eigenvalue weighted by Crippen LogP contribution is -2.37. The average Bonchev–Trinajstić information content (AvgIpc) is 3.30. The number of piperidine rings is 1. The summed E-state index contributed by atoms with van der Waals surface area (Å²) in [6.45, 7) is 3.26. The number of fused-ring (bicyclic) bond motifs is 2. The van der Waals surface area contributed by atoms with Gasteiger partial charge >= 0.3 is 0 Å². The maximum absolute atomic E-state index is 13.1. The van der Waals surface area contributed by atoms with E-state index in [9.17, 15) is 8.42 Å². The summed E-state index contributed by atoms with van der Waals surface area (Å²) in [5.74, 6) is 1.44. The van der Waals surface area contributed by atoms with Gasteiger partial charge in [-0.25, -0.2) is 8.42 Å². The van der Waals surface area contributed by atoms with E-state index in [4.69, 9.17) is 9.47 Å². The van der Waals surface area contributed by atoms with Crippen molar-refractivity contribution in [3.63, 3.8) is 0 Å². The largest absolute Gasteiger partial charge is 0.454 e. The molecule has 0 amide bonds. The van der Waals surface area contributed by atoms with E-state index in [1.807, 2.05) is 6.07 Å². The summed E-state index contributed by atoms with van der Waals surface area (Å²) in [7, 11) is -3.54. The molecule has 0 spiro atoms. The quantitative estimate of drug-likeness (QED) is 0.729. The van der Waals surface area contributed by atoms with Gasteiger partial charge in [0.15, 0.2) is 11.5 Å². The highest BCUT2D eigenvalue weighted by Gasteiger charge is 2.32. The molecular weight excluding hydrogens is 376 g/mol. The molecule has 7 heteroatoms. The van der Waals surface area contributed by atoms with Gasteiger partial charge in [-0.2, -0.15) is 4.31 Å². The van der Waals surface area contributed by atoms with Crippen molar-refractivity contribution < 1.29 is 17.9 Å². The van der Waals surface area contributed by atoms with Crippen molar-refractivity contribution in [1.82, 2.24) is 9.29 Å². The Kier molecular flexibility index (Phi) is 4.10. The van der Waals surface area contributed by atoms with Gasteiger partial charge in [0, 0.05) is 35.8 Å². The highest BCUT2D eigenvalue weighted by molar-refractivity contribution is 7.89. The number of nitrogens with one attached hydrogen (secondary N) is 1. The Bertz CT molecular complexity index is 1140. The van der Waals surface area contributed by atoms with Crippen molar-refractivity contribution >= 4 is 20.9 Å². The molecule has 3 heterocycles. The number of aromatic amines is 1. The molecule has 0 aliphatic carbocycles. The zero-order valence-corrected chi connectivity index (χ0v) is 16.5. The Balaban J connectivity index is 1.37. The lowest BCUT2D eigenvalue weighted by molar-refractivity contribution is 0.174. The molecule has 0 unspecified atom stereocenters. The SMILES string of the molecule is Cc1[nH]c2ccccc2c1C1CCN(S(=O)(=O)c2ccc3c(c2)OCO3)CC1. The summed E-state index contributed by atoms with van der Waals surface area (Å²) in [5.41, 5.74) is 3.65. The van der Waals surface area contributed by atoms with E-state index >= 15 is 0 Å². The number of nitrogens with zero attached hydrogens (tertiary/aromatic N) is 1. The number of H-pyrrole nitrogens is 1. The van der Waals surface area contributed by atoms with Crippen molar-refractivity contribution in [3.05, 3.63) is 53.7 Å². The standard InChI is InChI=1S/C21H22N2O4S/c1-14-21(17-4-2-3-5-18(17)22-14)15-8-10-23(11-9-15)28(24,25)16-6-7-19-20(12-16)27-13-26-19/h2-7,12,15,22H,8-11,13H2,1H3. The van der Waals surface area contributed by atoms with Crippen LogP contribution in [0.3, 0.4) is 0 Å². The molecule has 1 fully saturated rings. The minimum Gasteiger partial charge on any atom is -0.454 e. The highest BCUT2D eigenvalue weighted by Crippen LogP contribution is 2.38. The number of ether oxygens (including phenoxy) is 2. The van der Waals surface area contributed by atoms with Crippen LogP contribution in [0.25, 0.3) is 10.9 Å². The van der Waals surface area contributed by atoms with Gasteiger partial charge < -0.3 is 14.5 Å². The summed E-state index contributed by atoms with van der Waals surface area (Å²) in [4.78, 5) is 3.72.